The van der Waals surface area contributed by atoms with Crippen molar-refractivity contribution in [3.63, 3.8) is 0 Å². The zero-order valence-electron chi connectivity index (χ0n) is 28.8. The molecular formula is C35H26N9NaO9S2. The summed E-state index contributed by atoms with van der Waals surface area (Å²) in [6.07, 6.45) is 0. The van der Waals surface area contributed by atoms with Crippen molar-refractivity contribution in [1.82, 2.24) is 0 Å². The van der Waals surface area contributed by atoms with E-state index in [1.165, 1.54) is 54.6 Å². The van der Waals surface area contributed by atoms with E-state index in [4.69, 9.17) is 11.5 Å². The third-order valence-electron chi connectivity index (χ3n) is 7.69. The van der Waals surface area contributed by atoms with E-state index in [0.29, 0.717) is 17.1 Å². The van der Waals surface area contributed by atoms with Crippen LogP contribution in [0.2, 0.25) is 0 Å². The number of phenolic OH excluding ortho intramolecular Hbond substituents is 2. The minimum atomic E-state index is -5.32. The van der Waals surface area contributed by atoms with Crippen molar-refractivity contribution in [2.24, 2.45) is 30.7 Å². The fraction of sp³-hybridized carbons (Fsp3) is 0. The third kappa shape index (κ3) is 9.38. The summed E-state index contributed by atoms with van der Waals surface area (Å²) in [7, 11) is -10.4. The molecule has 0 aromatic heterocycles. The molecule has 56 heavy (non-hydrogen) atoms. The number of benzene rings is 6. The van der Waals surface area contributed by atoms with Crippen molar-refractivity contribution in [2.75, 3.05) is 16.8 Å². The number of carbonyl (C=O) groups excluding carboxylic acids is 1. The molecule has 6 aromatic rings. The molecule has 0 heterocycles. The Morgan fingerprint density at radius 1 is 0.661 bits per heavy atom. The van der Waals surface area contributed by atoms with Gasteiger partial charge in [0.1, 0.15) is 37.8 Å². The maximum absolute atomic E-state index is 12.9. The van der Waals surface area contributed by atoms with Gasteiger partial charge < -0.3 is 31.5 Å². The first kappa shape index (κ1) is 41.0. The number of hydrogen-bond acceptors (Lipinski definition) is 16. The first-order valence-electron chi connectivity index (χ1n) is 15.5. The van der Waals surface area contributed by atoms with Gasteiger partial charge in [-0.15, -0.1) is 15.3 Å². The van der Waals surface area contributed by atoms with E-state index in [2.05, 4.69) is 36.0 Å². The Labute approximate surface area is 340 Å². The molecule has 0 aliphatic heterocycles. The number of azo groups is 3. The topological polar surface area (TPSA) is 307 Å². The molecule has 0 radical (unpaired) electrons. The molecule has 278 valence electrons. The Kier molecular flexibility index (Phi) is 12.2. The van der Waals surface area contributed by atoms with Gasteiger partial charge in [0.25, 0.3) is 16.0 Å². The van der Waals surface area contributed by atoms with Crippen molar-refractivity contribution >= 4 is 88.1 Å². The second kappa shape index (κ2) is 16.7. The molecule has 1 amide bonds. The normalized spacial score (nSPS) is 12.0. The monoisotopic (exact) mass is 803 g/mol. The van der Waals surface area contributed by atoms with Crippen LogP contribution in [0.4, 0.5) is 51.2 Å². The summed E-state index contributed by atoms with van der Waals surface area (Å²) in [6.45, 7) is 0. The molecular weight excluding hydrogens is 778 g/mol. The fourth-order valence-electron chi connectivity index (χ4n) is 5.05. The number of rotatable bonds is 10. The van der Waals surface area contributed by atoms with Crippen LogP contribution in [0.15, 0.2) is 150 Å². The quantitative estimate of drug-likeness (QED) is 0.0460. The average molecular weight is 804 g/mol. The third-order valence-corrected chi connectivity index (χ3v) is 9.40. The molecule has 0 saturated carbocycles. The number of phenols is 2. The predicted molar refractivity (Wildman–Crippen MR) is 200 cm³/mol. The van der Waals surface area contributed by atoms with Crippen molar-refractivity contribution in [3.8, 4) is 11.5 Å². The molecule has 6 rings (SSSR count). The second-order valence-corrected chi connectivity index (χ2v) is 14.2. The number of amides is 1. The van der Waals surface area contributed by atoms with Gasteiger partial charge >= 0.3 is 29.6 Å². The van der Waals surface area contributed by atoms with Crippen molar-refractivity contribution in [3.05, 3.63) is 115 Å². The molecule has 21 heteroatoms. The van der Waals surface area contributed by atoms with Gasteiger partial charge in [-0.1, -0.05) is 18.2 Å². The summed E-state index contributed by atoms with van der Waals surface area (Å²) in [4.78, 5) is 11.0. The van der Waals surface area contributed by atoms with Gasteiger partial charge in [0.2, 0.25) is 0 Å². The van der Waals surface area contributed by atoms with E-state index in [1.54, 1.807) is 42.5 Å². The van der Waals surface area contributed by atoms with Gasteiger partial charge in [-0.3, -0.25) is 9.35 Å². The van der Waals surface area contributed by atoms with E-state index in [0.717, 1.165) is 12.1 Å². The largest absolute Gasteiger partial charge is 1.00 e. The Morgan fingerprint density at radius 2 is 1.21 bits per heavy atom. The van der Waals surface area contributed by atoms with Crippen LogP contribution in [0.1, 0.15) is 10.4 Å². The Balaban J connectivity index is 0.00000600. The van der Waals surface area contributed by atoms with Gasteiger partial charge in [0.05, 0.1) is 38.7 Å². The molecule has 18 nitrogen and oxygen atoms in total. The first-order chi connectivity index (χ1) is 26.1. The van der Waals surface area contributed by atoms with Crippen LogP contribution in [0.25, 0.3) is 10.8 Å². The summed E-state index contributed by atoms with van der Waals surface area (Å²) >= 11 is 0. The average Bonchev–Trinajstić information content (AvgIpc) is 3.14. The first-order valence-corrected chi connectivity index (χ1v) is 18.4. The molecule has 6 aromatic carbocycles. The molecule has 0 aliphatic carbocycles. The number of hydrogen-bond donors (Lipinski definition) is 6. The smallest absolute Gasteiger partial charge is 0.744 e. The van der Waals surface area contributed by atoms with Crippen LogP contribution < -0.4 is 46.3 Å². The van der Waals surface area contributed by atoms with Gasteiger partial charge in [-0.25, -0.2) is 8.42 Å². The minimum Gasteiger partial charge on any atom is -0.744 e. The van der Waals surface area contributed by atoms with E-state index in [9.17, 15) is 40.9 Å². The number of nitrogen functional groups attached to an aromatic ring is 2. The fourth-order valence-corrected chi connectivity index (χ4v) is 6.36. The standard InChI is InChI=1S/C35H27N9O9S2.Na/c36-26-18-25(45)14-15-27(26)42-39-24-12-10-21(11-13-24)38-35(47)19-6-8-23(9-7-19)41-43-32-28(54(48,49)50)16-20-17-29(55(51,52)53)33(34(46)30(20)31(32)37)44-40-22-4-2-1-3-5-22;/h1-18,45-46H,36-37H2,(H,38,47)(H,48,49,50)(H,51,52,53);/q;+1/p-1. The zero-order chi connectivity index (χ0) is 39.5. The van der Waals surface area contributed by atoms with Crippen LogP contribution in [0, 0.1) is 0 Å². The van der Waals surface area contributed by atoms with Gasteiger partial charge in [0.15, 0.2) is 5.75 Å². The predicted octanol–water partition coefficient (Wildman–Crippen LogP) is 5.07. The number of nitrogens with one attached hydrogen (secondary N) is 1. The van der Waals surface area contributed by atoms with Gasteiger partial charge in [-0.2, -0.15) is 23.8 Å². The van der Waals surface area contributed by atoms with Crippen LogP contribution in [0.3, 0.4) is 0 Å². The van der Waals surface area contributed by atoms with Crippen LogP contribution in [0.5, 0.6) is 11.5 Å². The van der Waals surface area contributed by atoms with Crippen LogP contribution >= 0.6 is 0 Å². The molecule has 0 fully saturated rings. The number of carbonyl (C=O) groups is 1. The van der Waals surface area contributed by atoms with Gasteiger partial charge in [0, 0.05) is 17.3 Å². The Bertz CT molecular complexity index is 2790. The zero-order valence-corrected chi connectivity index (χ0v) is 32.5. The molecule has 0 atom stereocenters. The second-order valence-electron chi connectivity index (χ2n) is 11.5. The Morgan fingerprint density at radius 3 is 1.80 bits per heavy atom. The SMILES string of the molecule is Nc1cc(O)ccc1N=Nc1ccc(NC(=O)c2ccc(N=Nc3c(S(=O)(=O)O)cc4cc(S(=O)(=O)[O-])c(N=Nc5ccccc5)c(O)c4c3N)cc2)cc1.[Na+]. The number of fused-ring (bicyclic) bond motifs is 1. The number of anilines is 3. The van der Waals surface area contributed by atoms with Crippen molar-refractivity contribution in [1.29, 1.82) is 0 Å². The van der Waals surface area contributed by atoms with Crippen molar-refractivity contribution < 1.29 is 70.5 Å². The number of nitrogens with two attached hydrogens (primary N) is 2. The number of nitrogens with zero attached hydrogens (tertiary/aromatic N) is 6. The summed E-state index contributed by atoms with van der Waals surface area (Å²) in [5, 5.41) is 46.3. The van der Waals surface area contributed by atoms with E-state index in [-0.39, 0.29) is 68.7 Å². The molecule has 0 bridgehead atoms. The van der Waals surface area contributed by atoms with Crippen LogP contribution in [-0.2, 0) is 20.2 Å². The summed E-state index contributed by atoms with van der Waals surface area (Å²) in [6, 6.07) is 25.7. The molecule has 0 unspecified atom stereocenters. The van der Waals surface area contributed by atoms with Crippen LogP contribution in [-0.4, -0.2) is 42.1 Å². The molecule has 0 aliphatic rings. The number of aromatic hydroxyl groups is 2. The Hall–Kier alpha value is -6.13. The molecule has 8 N–H and O–H groups in total. The van der Waals surface area contributed by atoms with Crippen molar-refractivity contribution in [2.45, 2.75) is 9.79 Å². The molecule has 0 spiro atoms. The van der Waals surface area contributed by atoms with Gasteiger partial charge in [-0.05, 0) is 90.3 Å². The minimum absolute atomic E-state index is 0. The van der Waals surface area contributed by atoms with E-state index >= 15 is 0 Å². The maximum atomic E-state index is 12.9. The van der Waals surface area contributed by atoms with E-state index in [1.807, 2.05) is 0 Å². The molecule has 0 saturated heterocycles. The van der Waals surface area contributed by atoms with E-state index < -0.39 is 58.7 Å². The summed E-state index contributed by atoms with van der Waals surface area (Å²) < 4.78 is 71.3. The maximum Gasteiger partial charge on any atom is 1.00 e. The summed E-state index contributed by atoms with van der Waals surface area (Å²) in [5.41, 5.74) is 12.2. The summed E-state index contributed by atoms with van der Waals surface area (Å²) in [5.74, 6) is -1.42.